The topological polar surface area (TPSA) is 29.5 Å². The third kappa shape index (κ3) is 4.18. The minimum Gasteiger partial charge on any atom is -0.487 e. The van der Waals surface area contributed by atoms with Crippen LogP contribution in [0, 0.1) is 11.8 Å². The van der Waals surface area contributed by atoms with Crippen LogP contribution in [-0.2, 0) is 6.61 Å². The molecule has 2 nitrogen and oxygen atoms in total. The van der Waals surface area contributed by atoms with E-state index in [1.807, 2.05) is 24.3 Å². The van der Waals surface area contributed by atoms with Gasteiger partial charge in [-0.3, -0.25) is 0 Å². The minimum atomic E-state index is -0.154. The van der Waals surface area contributed by atoms with Crippen LogP contribution in [-0.4, -0.2) is 11.7 Å². The zero-order chi connectivity index (χ0) is 14.4. The predicted octanol–water partition coefficient (Wildman–Crippen LogP) is 3.92. The molecule has 2 aromatic carbocycles. The molecule has 1 N–H and O–H groups in total. The number of halogens is 2. The van der Waals surface area contributed by atoms with E-state index in [4.69, 9.17) is 33.0 Å². The Kier molecular flexibility index (Phi) is 5.31. The Morgan fingerprint density at radius 2 is 1.95 bits per heavy atom. The van der Waals surface area contributed by atoms with Gasteiger partial charge in [0.2, 0.25) is 0 Å². The number of benzene rings is 2. The summed E-state index contributed by atoms with van der Waals surface area (Å²) in [5, 5.41) is 9.77. The van der Waals surface area contributed by atoms with Crippen LogP contribution in [0.4, 0.5) is 0 Å². The average molecular weight is 307 g/mol. The summed E-state index contributed by atoms with van der Waals surface area (Å²) in [7, 11) is 0. The van der Waals surface area contributed by atoms with Gasteiger partial charge < -0.3 is 9.84 Å². The Morgan fingerprint density at radius 3 is 2.75 bits per heavy atom. The standard InChI is InChI=1S/C16H12Cl2O2/c17-14-6-7-15(18)16(10-14)20-11-13-4-1-3-12(9-13)5-2-8-19/h1,3-4,6-7,9-10,19H,8,11H2. The highest BCUT2D eigenvalue weighted by atomic mass is 35.5. The highest BCUT2D eigenvalue weighted by Gasteiger charge is 2.03. The summed E-state index contributed by atoms with van der Waals surface area (Å²) in [6, 6.07) is 12.7. The van der Waals surface area contributed by atoms with Crippen molar-refractivity contribution in [2.45, 2.75) is 6.61 Å². The van der Waals surface area contributed by atoms with Gasteiger partial charge in [-0.1, -0.05) is 47.2 Å². The largest absolute Gasteiger partial charge is 0.487 e. The maximum Gasteiger partial charge on any atom is 0.139 e. The third-order valence-electron chi connectivity index (χ3n) is 2.53. The van der Waals surface area contributed by atoms with Crippen molar-refractivity contribution < 1.29 is 9.84 Å². The van der Waals surface area contributed by atoms with Gasteiger partial charge >= 0.3 is 0 Å². The first-order chi connectivity index (χ1) is 9.69. The van der Waals surface area contributed by atoms with Crippen LogP contribution in [0.25, 0.3) is 0 Å². The summed E-state index contributed by atoms with van der Waals surface area (Å²) in [6.07, 6.45) is 0. The minimum absolute atomic E-state index is 0.154. The van der Waals surface area contributed by atoms with Crippen LogP contribution in [0.15, 0.2) is 42.5 Å². The lowest BCUT2D eigenvalue weighted by molar-refractivity contribution is 0.306. The third-order valence-corrected chi connectivity index (χ3v) is 3.07. The molecule has 0 spiro atoms. The lowest BCUT2D eigenvalue weighted by Crippen LogP contribution is -1.96. The highest BCUT2D eigenvalue weighted by molar-refractivity contribution is 6.34. The molecule has 0 saturated carbocycles. The Labute approximate surface area is 127 Å². The first-order valence-electron chi connectivity index (χ1n) is 5.95. The van der Waals surface area contributed by atoms with Gasteiger partial charge in [-0.05, 0) is 29.8 Å². The lowest BCUT2D eigenvalue weighted by atomic mass is 10.1. The monoisotopic (exact) mass is 306 g/mol. The quantitative estimate of drug-likeness (QED) is 0.871. The second-order valence-corrected chi connectivity index (χ2v) is 4.87. The Hall–Kier alpha value is -1.66. The molecule has 4 heteroatoms. The molecule has 2 aromatic rings. The van der Waals surface area contributed by atoms with Crippen molar-refractivity contribution in [3.8, 4) is 17.6 Å². The summed E-state index contributed by atoms with van der Waals surface area (Å²) < 4.78 is 5.65. The van der Waals surface area contributed by atoms with Gasteiger partial charge in [0.25, 0.3) is 0 Å². The van der Waals surface area contributed by atoms with E-state index < -0.39 is 0 Å². The summed E-state index contributed by atoms with van der Waals surface area (Å²) in [5.74, 6) is 6.01. The molecule has 0 aromatic heterocycles. The van der Waals surface area contributed by atoms with Crippen LogP contribution in [0.1, 0.15) is 11.1 Å². The number of hydrogen-bond acceptors (Lipinski definition) is 2. The molecule has 0 aliphatic carbocycles. The molecule has 102 valence electrons. The Balaban J connectivity index is 2.09. The van der Waals surface area contributed by atoms with Crippen molar-refractivity contribution in [1.29, 1.82) is 0 Å². The van der Waals surface area contributed by atoms with Gasteiger partial charge in [-0.25, -0.2) is 0 Å². The fourth-order valence-corrected chi connectivity index (χ4v) is 1.96. The number of rotatable bonds is 3. The fraction of sp³-hybridized carbons (Fsp3) is 0.125. The molecule has 0 fully saturated rings. The van der Waals surface area contributed by atoms with E-state index in [0.717, 1.165) is 11.1 Å². The van der Waals surface area contributed by atoms with Crippen LogP contribution < -0.4 is 4.74 Å². The Bertz CT molecular complexity index is 657. The van der Waals surface area contributed by atoms with Gasteiger partial charge in [-0.15, -0.1) is 0 Å². The number of aliphatic hydroxyl groups is 1. The van der Waals surface area contributed by atoms with Crippen LogP contribution in [0.3, 0.4) is 0 Å². The van der Waals surface area contributed by atoms with Crippen molar-refractivity contribution in [3.05, 3.63) is 63.6 Å². The van der Waals surface area contributed by atoms with Gasteiger partial charge in [0.05, 0.1) is 5.02 Å². The van der Waals surface area contributed by atoms with E-state index >= 15 is 0 Å². The maximum absolute atomic E-state index is 8.68. The van der Waals surface area contributed by atoms with Gasteiger partial charge in [0, 0.05) is 16.7 Å². The normalized spacial score (nSPS) is 9.75. The van der Waals surface area contributed by atoms with E-state index in [1.165, 1.54) is 0 Å². The predicted molar refractivity (Wildman–Crippen MR) is 81.2 cm³/mol. The van der Waals surface area contributed by atoms with Crippen molar-refractivity contribution in [2.75, 3.05) is 6.61 Å². The van der Waals surface area contributed by atoms with Crippen molar-refractivity contribution in [2.24, 2.45) is 0 Å². The second kappa shape index (κ2) is 7.21. The van der Waals surface area contributed by atoms with E-state index in [1.54, 1.807) is 18.2 Å². The van der Waals surface area contributed by atoms with E-state index in [9.17, 15) is 0 Å². The second-order valence-electron chi connectivity index (χ2n) is 4.02. The molecule has 2 rings (SSSR count). The van der Waals surface area contributed by atoms with E-state index in [-0.39, 0.29) is 6.61 Å². The molecule has 0 saturated heterocycles. The SMILES string of the molecule is OCC#Cc1cccc(COc2cc(Cl)ccc2Cl)c1. The van der Waals surface area contributed by atoms with Crippen molar-refractivity contribution >= 4 is 23.2 Å². The van der Waals surface area contributed by atoms with Gasteiger partial charge in [0.15, 0.2) is 0 Å². The maximum atomic E-state index is 8.68. The molecule has 0 aliphatic rings. The van der Waals surface area contributed by atoms with Gasteiger partial charge in [-0.2, -0.15) is 0 Å². The molecule has 0 radical (unpaired) electrons. The molecule has 0 aliphatic heterocycles. The van der Waals surface area contributed by atoms with Gasteiger partial charge in [0.1, 0.15) is 19.0 Å². The van der Waals surface area contributed by atoms with Crippen molar-refractivity contribution in [1.82, 2.24) is 0 Å². The molecule has 0 unspecified atom stereocenters. The number of hydrogen-bond donors (Lipinski definition) is 1. The van der Waals surface area contributed by atoms with Crippen LogP contribution in [0.2, 0.25) is 10.0 Å². The van der Waals surface area contributed by atoms with Crippen LogP contribution >= 0.6 is 23.2 Å². The zero-order valence-electron chi connectivity index (χ0n) is 10.6. The average Bonchev–Trinajstić information content (AvgIpc) is 2.46. The molecule has 0 bridgehead atoms. The summed E-state index contributed by atoms with van der Waals surface area (Å²) in [4.78, 5) is 0. The molecule has 0 heterocycles. The van der Waals surface area contributed by atoms with Crippen molar-refractivity contribution in [3.63, 3.8) is 0 Å². The number of ether oxygens (including phenoxy) is 1. The number of aliphatic hydroxyl groups excluding tert-OH is 1. The lowest BCUT2D eigenvalue weighted by Gasteiger charge is -2.08. The smallest absolute Gasteiger partial charge is 0.139 e. The summed E-state index contributed by atoms with van der Waals surface area (Å²) in [6.45, 7) is 0.216. The first-order valence-corrected chi connectivity index (χ1v) is 6.71. The molecular formula is C16H12Cl2O2. The summed E-state index contributed by atoms with van der Waals surface area (Å²) >= 11 is 11.9. The summed E-state index contributed by atoms with van der Waals surface area (Å²) in [5.41, 5.74) is 1.79. The zero-order valence-corrected chi connectivity index (χ0v) is 12.1. The van der Waals surface area contributed by atoms with Crippen LogP contribution in [0.5, 0.6) is 5.75 Å². The molecule has 0 amide bonds. The van der Waals surface area contributed by atoms with E-state index in [0.29, 0.717) is 22.4 Å². The molecule has 20 heavy (non-hydrogen) atoms. The Morgan fingerprint density at radius 1 is 1.10 bits per heavy atom. The highest BCUT2D eigenvalue weighted by Crippen LogP contribution is 2.28. The molecular weight excluding hydrogens is 295 g/mol. The first kappa shape index (κ1) is 14.7. The fourth-order valence-electron chi connectivity index (χ4n) is 1.63. The molecule has 0 atom stereocenters. The van der Waals surface area contributed by atoms with E-state index in [2.05, 4.69) is 11.8 Å².